The summed E-state index contributed by atoms with van der Waals surface area (Å²) in [6.07, 6.45) is 0. The second-order valence-electron chi connectivity index (χ2n) is 5.26. The SMILES string of the molecule is COc1ccc(-c2nc(C)c3c(n2)sc2c(=O)[nH]c(=O)[nH]c23)cc1. The van der Waals surface area contributed by atoms with Crippen LogP contribution in [0.2, 0.25) is 0 Å². The number of ether oxygens (including phenoxy) is 1. The first kappa shape index (κ1) is 14.6. The fraction of sp³-hybridized carbons (Fsp3) is 0.125. The number of nitrogens with zero attached hydrogens (tertiary/aromatic N) is 2. The van der Waals surface area contributed by atoms with Crippen LogP contribution in [-0.2, 0) is 0 Å². The summed E-state index contributed by atoms with van der Waals surface area (Å²) in [5.74, 6) is 1.32. The quantitative estimate of drug-likeness (QED) is 0.582. The van der Waals surface area contributed by atoms with Crippen molar-refractivity contribution < 1.29 is 4.74 Å². The van der Waals surface area contributed by atoms with E-state index in [4.69, 9.17) is 4.74 Å². The van der Waals surface area contributed by atoms with E-state index in [0.29, 0.717) is 32.0 Å². The van der Waals surface area contributed by atoms with E-state index in [-0.39, 0.29) is 0 Å². The zero-order chi connectivity index (χ0) is 16.8. The molecule has 0 fully saturated rings. The molecule has 3 aromatic heterocycles. The monoisotopic (exact) mass is 340 g/mol. The number of aryl methyl sites for hydroxylation is 1. The largest absolute Gasteiger partial charge is 0.497 e. The summed E-state index contributed by atoms with van der Waals surface area (Å²) in [6.45, 7) is 1.84. The van der Waals surface area contributed by atoms with Crippen LogP contribution in [0.4, 0.5) is 0 Å². The van der Waals surface area contributed by atoms with Crippen molar-refractivity contribution in [2.24, 2.45) is 0 Å². The lowest BCUT2D eigenvalue weighted by Crippen LogP contribution is -2.20. The predicted octanol–water partition coefficient (Wildman–Crippen LogP) is 2.21. The van der Waals surface area contributed by atoms with Gasteiger partial charge in [0, 0.05) is 5.56 Å². The Labute approximate surface area is 139 Å². The van der Waals surface area contributed by atoms with Gasteiger partial charge >= 0.3 is 5.69 Å². The average molecular weight is 340 g/mol. The predicted molar refractivity (Wildman–Crippen MR) is 92.9 cm³/mol. The van der Waals surface area contributed by atoms with Crippen LogP contribution in [0.25, 0.3) is 31.8 Å². The van der Waals surface area contributed by atoms with Gasteiger partial charge in [-0.2, -0.15) is 0 Å². The molecule has 0 saturated heterocycles. The molecule has 3 heterocycles. The van der Waals surface area contributed by atoms with Crippen molar-refractivity contribution in [2.75, 3.05) is 7.11 Å². The highest BCUT2D eigenvalue weighted by atomic mass is 32.1. The van der Waals surface area contributed by atoms with Gasteiger partial charge in [0.2, 0.25) is 0 Å². The number of nitrogens with one attached hydrogen (secondary N) is 2. The van der Waals surface area contributed by atoms with Gasteiger partial charge in [0.25, 0.3) is 5.56 Å². The zero-order valence-electron chi connectivity index (χ0n) is 12.8. The van der Waals surface area contributed by atoms with Crippen LogP contribution in [0.5, 0.6) is 5.75 Å². The molecule has 7 nitrogen and oxygen atoms in total. The van der Waals surface area contributed by atoms with Crippen molar-refractivity contribution in [1.29, 1.82) is 0 Å². The van der Waals surface area contributed by atoms with E-state index >= 15 is 0 Å². The summed E-state index contributed by atoms with van der Waals surface area (Å²) >= 11 is 1.24. The fourth-order valence-electron chi connectivity index (χ4n) is 2.62. The van der Waals surface area contributed by atoms with E-state index in [9.17, 15) is 9.59 Å². The maximum absolute atomic E-state index is 12.0. The Morgan fingerprint density at radius 2 is 1.83 bits per heavy atom. The summed E-state index contributed by atoms with van der Waals surface area (Å²) in [5.41, 5.74) is 1.09. The number of methoxy groups -OCH3 is 1. The van der Waals surface area contributed by atoms with Crippen LogP contribution >= 0.6 is 11.3 Å². The van der Waals surface area contributed by atoms with Crippen molar-refractivity contribution in [1.82, 2.24) is 19.9 Å². The summed E-state index contributed by atoms with van der Waals surface area (Å²) < 4.78 is 5.59. The summed E-state index contributed by atoms with van der Waals surface area (Å²) in [4.78, 5) is 38.2. The van der Waals surface area contributed by atoms with Gasteiger partial charge in [-0.15, -0.1) is 11.3 Å². The first-order valence-electron chi connectivity index (χ1n) is 7.14. The van der Waals surface area contributed by atoms with Crippen molar-refractivity contribution in [3.8, 4) is 17.1 Å². The first-order valence-corrected chi connectivity index (χ1v) is 7.96. The minimum atomic E-state index is -0.536. The molecule has 0 bridgehead atoms. The van der Waals surface area contributed by atoms with Crippen molar-refractivity contribution in [3.05, 3.63) is 50.8 Å². The Morgan fingerprint density at radius 3 is 2.54 bits per heavy atom. The molecule has 2 N–H and O–H groups in total. The number of aromatic amines is 2. The highest BCUT2D eigenvalue weighted by molar-refractivity contribution is 7.25. The second-order valence-corrected chi connectivity index (χ2v) is 6.25. The third-order valence-corrected chi connectivity index (χ3v) is 4.83. The Balaban J connectivity index is 2.00. The molecular weight excluding hydrogens is 328 g/mol. The Bertz CT molecular complexity index is 1190. The van der Waals surface area contributed by atoms with Gasteiger partial charge in [0.15, 0.2) is 5.82 Å². The number of H-pyrrole nitrogens is 2. The molecule has 1 aromatic carbocycles. The van der Waals surface area contributed by atoms with Gasteiger partial charge < -0.3 is 9.72 Å². The van der Waals surface area contributed by atoms with Gasteiger partial charge in [-0.25, -0.2) is 14.8 Å². The van der Waals surface area contributed by atoms with Crippen LogP contribution in [-0.4, -0.2) is 27.0 Å². The molecule has 0 aliphatic heterocycles. The highest BCUT2D eigenvalue weighted by Gasteiger charge is 2.15. The van der Waals surface area contributed by atoms with Gasteiger partial charge in [-0.1, -0.05) is 0 Å². The molecular formula is C16H12N4O3S. The lowest BCUT2D eigenvalue weighted by Gasteiger charge is -2.04. The maximum atomic E-state index is 12.0. The van der Waals surface area contributed by atoms with Gasteiger partial charge in [0.05, 0.1) is 23.7 Å². The van der Waals surface area contributed by atoms with Crippen LogP contribution in [0.3, 0.4) is 0 Å². The van der Waals surface area contributed by atoms with Crippen LogP contribution < -0.4 is 16.0 Å². The number of fused-ring (bicyclic) bond motifs is 3. The number of hydrogen-bond acceptors (Lipinski definition) is 6. The molecule has 4 aromatic rings. The number of rotatable bonds is 2. The lowest BCUT2D eigenvalue weighted by molar-refractivity contribution is 0.415. The van der Waals surface area contributed by atoms with Gasteiger partial charge in [0.1, 0.15) is 15.3 Å². The van der Waals surface area contributed by atoms with E-state index in [1.165, 1.54) is 11.3 Å². The molecule has 120 valence electrons. The molecule has 24 heavy (non-hydrogen) atoms. The number of thiophene rings is 1. The molecule has 0 spiro atoms. The number of aromatic nitrogens is 4. The average Bonchev–Trinajstić information content (AvgIpc) is 2.94. The van der Waals surface area contributed by atoms with E-state index < -0.39 is 11.2 Å². The number of hydrogen-bond donors (Lipinski definition) is 2. The molecule has 0 unspecified atom stereocenters. The third-order valence-electron chi connectivity index (χ3n) is 3.75. The topological polar surface area (TPSA) is 101 Å². The summed E-state index contributed by atoms with van der Waals surface area (Å²) in [5, 5.41) is 0.704. The molecule has 0 radical (unpaired) electrons. The molecule has 0 aliphatic carbocycles. The van der Waals surface area contributed by atoms with Crippen molar-refractivity contribution in [3.63, 3.8) is 0 Å². The lowest BCUT2D eigenvalue weighted by atomic mass is 10.2. The highest BCUT2D eigenvalue weighted by Crippen LogP contribution is 2.32. The third kappa shape index (κ3) is 2.19. The molecule has 0 saturated carbocycles. The van der Waals surface area contributed by atoms with E-state index in [1.54, 1.807) is 7.11 Å². The molecule has 0 amide bonds. The number of benzene rings is 1. The van der Waals surface area contributed by atoms with Gasteiger partial charge in [-0.05, 0) is 31.2 Å². The van der Waals surface area contributed by atoms with E-state index in [1.807, 2.05) is 31.2 Å². The summed E-state index contributed by atoms with van der Waals surface area (Å²) in [6, 6.07) is 7.43. The van der Waals surface area contributed by atoms with Crippen molar-refractivity contribution >= 4 is 31.8 Å². The van der Waals surface area contributed by atoms with Crippen LogP contribution in [0, 0.1) is 6.92 Å². The molecule has 4 rings (SSSR count). The molecule has 8 heteroatoms. The van der Waals surface area contributed by atoms with Gasteiger partial charge in [-0.3, -0.25) is 9.78 Å². The standard InChI is InChI=1S/C16H12N4O3S/c1-7-10-11-12(14(21)20-16(22)18-11)24-15(10)19-13(17-7)8-3-5-9(23-2)6-4-8/h3-6H,1-2H3,(H2,18,20,21,22). The van der Waals surface area contributed by atoms with Crippen LogP contribution in [0.1, 0.15) is 5.69 Å². The summed E-state index contributed by atoms with van der Waals surface area (Å²) in [7, 11) is 1.61. The Kier molecular flexibility index (Phi) is 3.20. The fourth-order valence-corrected chi connectivity index (χ4v) is 3.70. The minimum absolute atomic E-state index is 0.415. The molecule has 0 aliphatic rings. The normalized spacial score (nSPS) is 11.2. The smallest absolute Gasteiger partial charge is 0.326 e. The Hall–Kier alpha value is -3.00. The zero-order valence-corrected chi connectivity index (χ0v) is 13.7. The first-order chi connectivity index (χ1) is 11.6. The minimum Gasteiger partial charge on any atom is -0.497 e. The second kappa shape index (κ2) is 5.27. The molecule has 0 atom stereocenters. The van der Waals surface area contributed by atoms with E-state index in [2.05, 4.69) is 19.9 Å². The maximum Gasteiger partial charge on any atom is 0.326 e. The van der Waals surface area contributed by atoms with E-state index in [0.717, 1.165) is 11.3 Å². The Morgan fingerprint density at radius 1 is 1.08 bits per heavy atom. The van der Waals surface area contributed by atoms with Crippen molar-refractivity contribution in [2.45, 2.75) is 6.92 Å². The van der Waals surface area contributed by atoms with Crippen LogP contribution in [0.15, 0.2) is 33.9 Å².